The molecule has 2 aliphatic rings. The number of rotatable bonds is 5. The van der Waals surface area contributed by atoms with Gasteiger partial charge < -0.3 is 15.4 Å². The van der Waals surface area contributed by atoms with Gasteiger partial charge in [-0.25, -0.2) is 0 Å². The number of hydrogen-bond donors (Lipinski definition) is 2. The van der Waals surface area contributed by atoms with E-state index in [1.54, 1.807) is 12.1 Å². The zero-order chi connectivity index (χ0) is 16.2. The normalized spacial score (nSPS) is 25.7. The van der Waals surface area contributed by atoms with Gasteiger partial charge in [0.1, 0.15) is 5.75 Å². The summed E-state index contributed by atoms with van der Waals surface area (Å²) in [7, 11) is 0. The molecule has 0 aromatic heterocycles. The van der Waals surface area contributed by atoms with Crippen molar-refractivity contribution in [1.82, 2.24) is 10.6 Å². The van der Waals surface area contributed by atoms with E-state index >= 15 is 0 Å². The maximum absolute atomic E-state index is 12.3. The Morgan fingerprint density at radius 1 is 1.25 bits per heavy atom. The highest BCUT2D eigenvalue weighted by Gasteiger charge is 2.37. The highest BCUT2D eigenvalue weighted by atomic mass is 35.5. The molecule has 3 unspecified atom stereocenters. The first-order valence-corrected chi connectivity index (χ1v) is 8.19. The predicted molar refractivity (Wildman–Crippen MR) is 89.5 cm³/mol. The smallest absolute Gasteiger partial charge is 0.387 e. The number of carbonyl (C=O) groups excluding carboxylic acids is 1. The monoisotopic (exact) mass is 360 g/mol. The van der Waals surface area contributed by atoms with Gasteiger partial charge in [0, 0.05) is 12.6 Å². The predicted octanol–water partition coefficient (Wildman–Crippen LogP) is 3.25. The first kappa shape index (κ1) is 18.9. The Morgan fingerprint density at radius 3 is 2.62 bits per heavy atom. The molecule has 0 bridgehead atoms. The van der Waals surface area contributed by atoms with Gasteiger partial charge in [0.05, 0.1) is 6.04 Å². The number of hydrogen-bond acceptors (Lipinski definition) is 3. The zero-order valence-corrected chi connectivity index (χ0v) is 14.2. The number of benzene rings is 1. The largest absolute Gasteiger partial charge is 0.435 e. The molecule has 2 fully saturated rings. The molecule has 3 rings (SSSR count). The molecule has 4 nitrogen and oxygen atoms in total. The molecular formula is C17H23ClF2N2O2. The molecule has 1 saturated heterocycles. The molecule has 0 radical (unpaired) electrons. The molecule has 1 heterocycles. The van der Waals surface area contributed by atoms with Crippen molar-refractivity contribution in [3.05, 3.63) is 29.8 Å². The van der Waals surface area contributed by atoms with Crippen LogP contribution in [-0.4, -0.2) is 24.6 Å². The van der Waals surface area contributed by atoms with Gasteiger partial charge in [-0.15, -0.1) is 12.4 Å². The van der Waals surface area contributed by atoms with Crippen LogP contribution in [0.3, 0.4) is 0 Å². The SMILES string of the molecule is Cl.O=C(NCc1ccc(OC(F)F)cc1)C1CC2CCCCC2N1. The van der Waals surface area contributed by atoms with Crippen LogP contribution < -0.4 is 15.4 Å². The van der Waals surface area contributed by atoms with Crippen LogP contribution >= 0.6 is 12.4 Å². The third-order valence-electron chi connectivity index (χ3n) is 4.79. The minimum Gasteiger partial charge on any atom is -0.435 e. The summed E-state index contributed by atoms with van der Waals surface area (Å²) in [6.07, 6.45) is 5.81. The Bertz CT molecular complexity index is 528. The summed E-state index contributed by atoms with van der Waals surface area (Å²) >= 11 is 0. The molecular weight excluding hydrogens is 338 g/mol. The minimum atomic E-state index is -2.82. The lowest BCUT2D eigenvalue weighted by Crippen LogP contribution is -2.42. The lowest BCUT2D eigenvalue weighted by molar-refractivity contribution is -0.123. The Balaban J connectivity index is 0.00000208. The molecule has 0 spiro atoms. The molecule has 1 amide bonds. The quantitative estimate of drug-likeness (QED) is 0.847. The van der Waals surface area contributed by atoms with Crippen molar-refractivity contribution in [3.63, 3.8) is 0 Å². The van der Waals surface area contributed by atoms with Gasteiger partial charge in [-0.2, -0.15) is 8.78 Å². The van der Waals surface area contributed by atoms with Crippen LogP contribution in [-0.2, 0) is 11.3 Å². The second kappa shape index (κ2) is 8.62. The van der Waals surface area contributed by atoms with Gasteiger partial charge in [-0.3, -0.25) is 4.79 Å². The number of nitrogens with one attached hydrogen (secondary N) is 2. The van der Waals surface area contributed by atoms with Crippen molar-refractivity contribution < 1.29 is 18.3 Å². The minimum absolute atomic E-state index is 0. The van der Waals surface area contributed by atoms with Crippen LogP contribution in [0.25, 0.3) is 0 Å². The Hall–Kier alpha value is -1.40. The highest BCUT2D eigenvalue weighted by Crippen LogP contribution is 2.33. The van der Waals surface area contributed by atoms with Gasteiger partial charge in [-0.05, 0) is 42.9 Å². The van der Waals surface area contributed by atoms with Crippen molar-refractivity contribution in [2.24, 2.45) is 5.92 Å². The summed E-state index contributed by atoms with van der Waals surface area (Å²) < 4.78 is 28.5. The van der Waals surface area contributed by atoms with Crippen LogP contribution in [0.5, 0.6) is 5.75 Å². The summed E-state index contributed by atoms with van der Waals surface area (Å²) in [6.45, 7) is -2.43. The van der Waals surface area contributed by atoms with E-state index < -0.39 is 6.61 Å². The Kier molecular flexibility index (Phi) is 6.80. The van der Waals surface area contributed by atoms with Crippen LogP contribution in [0.15, 0.2) is 24.3 Å². The van der Waals surface area contributed by atoms with Crippen LogP contribution in [0, 0.1) is 5.92 Å². The first-order valence-electron chi connectivity index (χ1n) is 8.19. The van der Waals surface area contributed by atoms with E-state index in [0.29, 0.717) is 18.5 Å². The average molecular weight is 361 g/mol. The molecule has 1 aromatic rings. The molecule has 7 heteroatoms. The summed E-state index contributed by atoms with van der Waals surface area (Å²) in [5.41, 5.74) is 0.857. The van der Waals surface area contributed by atoms with E-state index in [-0.39, 0.29) is 30.1 Å². The van der Waals surface area contributed by atoms with E-state index in [2.05, 4.69) is 15.4 Å². The third kappa shape index (κ3) is 4.80. The fourth-order valence-corrected chi connectivity index (χ4v) is 3.62. The molecule has 134 valence electrons. The highest BCUT2D eigenvalue weighted by molar-refractivity contribution is 5.85. The van der Waals surface area contributed by atoms with Gasteiger partial charge in [-0.1, -0.05) is 25.0 Å². The van der Waals surface area contributed by atoms with Crippen molar-refractivity contribution in [1.29, 1.82) is 0 Å². The molecule has 1 saturated carbocycles. The van der Waals surface area contributed by atoms with Crippen molar-refractivity contribution in [2.45, 2.75) is 57.3 Å². The average Bonchev–Trinajstić information content (AvgIpc) is 2.97. The second-order valence-electron chi connectivity index (χ2n) is 6.35. The van der Waals surface area contributed by atoms with Crippen LogP contribution in [0.4, 0.5) is 8.78 Å². The van der Waals surface area contributed by atoms with Crippen molar-refractivity contribution in [2.75, 3.05) is 0 Å². The lowest BCUT2D eigenvalue weighted by Gasteiger charge is -2.24. The number of ether oxygens (including phenoxy) is 1. The fraction of sp³-hybridized carbons (Fsp3) is 0.588. The molecule has 1 aromatic carbocycles. The van der Waals surface area contributed by atoms with Crippen molar-refractivity contribution in [3.8, 4) is 5.75 Å². The Morgan fingerprint density at radius 2 is 1.96 bits per heavy atom. The lowest BCUT2D eigenvalue weighted by atomic mass is 9.85. The first-order chi connectivity index (χ1) is 11.1. The maximum Gasteiger partial charge on any atom is 0.387 e. The summed E-state index contributed by atoms with van der Waals surface area (Å²) in [4.78, 5) is 12.3. The molecule has 3 atom stereocenters. The van der Waals surface area contributed by atoms with E-state index in [1.165, 1.54) is 37.8 Å². The second-order valence-corrected chi connectivity index (χ2v) is 6.35. The Labute approximate surface area is 146 Å². The third-order valence-corrected chi connectivity index (χ3v) is 4.79. The van der Waals surface area contributed by atoms with Crippen LogP contribution in [0.1, 0.15) is 37.7 Å². The summed E-state index contributed by atoms with van der Waals surface area (Å²) in [5.74, 6) is 0.772. The summed E-state index contributed by atoms with van der Waals surface area (Å²) in [6, 6.07) is 6.71. The van der Waals surface area contributed by atoms with Gasteiger partial charge in [0.25, 0.3) is 0 Å². The topological polar surface area (TPSA) is 50.4 Å². The fourth-order valence-electron chi connectivity index (χ4n) is 3.62. The number of amides is 1. The summed E-state index contributed by atoms with van der Waals surface area (Å²) in [5, 5.41) is 6.36. The van der Waals surface area contributed by atoms with Gasteiger partial charge >= 0.3 is 6.61 Å². The zero-order valence-electron chi connectivity index (χ0n) is 13.3. The van der Waals surface area contributed by atoms with Gasteiger partial charge in [0.15, 0.2) is 0 Å². The molecule has 1 aliphatic heterocycles. The standard InChI is InChI=1S/C17H22F2N2O2.ClH/c18-17(19)23-13-7-5-11(6-8-13)10-20-16(22)15-9-12-3-1-2-4-14(12)21-15;/h5-8,12,14-15,17,21H,1-4,9-10H2,(H,20,22);1H. The van der Waals surface area contributed by atoms with E-state index in [4.69, 9.17) is 0 Å². The molecule has 24 heavy (non-hydrogen) atoms. The van der Waals surface area contributed by atoms with E-state index in [1.807, 2.05) is 0 Å². The number of halogens is 3. The molecule has 2 N–H and O–H groups in total. The number of carbonyl (C=O) groups is 1. The van der Waals surface area contributed by atoms with Crippen LogP contribution in [0.2, 0.25) is 0 Å². The van der Waals surface area contributed by atoms with Crippen molar-refractivity contribution >= 4 is 18.3 Å². The van der Waals surface area contributed by atoms with Gasteiger partial charge in [0.2, 0.25) is 5.91 Å². The van der Waals surface area contributed by atoms with E-state index in [0.717, 1.165) is 12.0 Å². The number of fused-ring (bicyclic) bond motifs is 1. The molecule has 1 aliphatic carbocycles. The van der Waals surface area contributed by atoms with E-state index in [9.17, 15) is 13.6 Å². The number of alkyl halides is 2. The maximum atomic E-state index is 12.3.